The first-order chi connectivity index (χ1) is 7.99. The third-order valence-electron chi connectivity index (χ3n) is 2.55. The second-order valence-electron chi connectivity index (χ2n) is 4.05. The van der Waals surface area contributed by atoms with Gasteiger partial charge in [0, 0.05) is 25.0 Å². The maximum Gasteiger partial charge on any atom is 0.216 e. The van der Waals surface area contributed by atoms with Gasteiger partial charge in [0.15, 0.2) is 0 Å². The first-order valence-corrected chi connectivity index (χ1v) is 8.49. The van der Waals surface area contributed by atoms with E-state index in [2.05, 4.69) is 15.9 Å². The van der Waals surface area contributed by atoms with Crippen LogP contribution in [0, 0.1) is 0 Å². The first-order valence-electron chi connectivity index (χ1n) is 5.76. The molecule has 17 heavy (non-hydrogen) atoms. The van der Waals surface area contributed by atoms with Crippen molar-refractivity contribution >= 4 is 26.0 Å². The maximum atomic E-state index is 12.0. The zero-order valence-corrected chi connectivity index (χ0v) is 12.7. The number of sulfonamides is 1. The van der Waals surface area contributed by atoms with E-state index in [-0.39, 0.29) is 24.6 Å². The number of nitrogens with zero attached hydrogens (tertiary/aromatic N) is 1. The number of hydrogen-bond donors (Lipinski definition) is 0. The van der Waals surface area contributed by atoms with Crippen LogP contribution < -0.4 is 0 Å². The summed E-state index contributed by atoms with van der Waals surface area (Å²) in [7, 11) is -3.22. The molecule has 0 N–H and O–H groups in total. The van der Waals surface area contributed by atoms with Crippen LogP contribution in [0.25, 0.3) is 0 Å². The van der Waals surface area contributed by atoms with Gasteiger partial charge in [0.1, 0.15) is 0 Å². The van der Waals surface area contributed by atoms with E-state index >= 15 is 0 Å². The largest absolute Gasteiger partial charge is 0.381 e. The molecule has 0 saturated carbocycles. The van der Waals surface area contributed by atoms with Crippen molar-refractivity contribution in [2.24, 2.45) is 0 Å². The number of alkyl halides is 1. The molecular formula is C10H20BrNO4S. The van der Waals surface area contributed by atoms with E-state index in [1.54, 1.807) is 0 Å². The van der Waals surface area contributed by atoms with Crippen molar-refractivity contribution in [2.45, 2.75) is 26.1 Å². The number of ether oxygens (including phenoxy) is 2. The van der Waals surface area contributed by atoms with Crippen LogP contribution in [0.5, 0.6) is 0 Å². The first kappa shape index (κ1) is 15.4. The lowest BCUT2D eigenvalue weighted by atomic mass is 10.3. The Morgan fingerprint density at radius 3 is 2.76 bits per heavy atom. The van der Waals surface area contributed by atoms with Crippen LogP contribution in [0.2, 0.25) is 0 Å². The van der Waals surface area contributed by atoms with Gasteiger partial charge in [-0.3, -0.25) is 0 Å². The van der Waals surface area contributed by atoms with Crippen molar-refractivity contribution in [1.29, 1.82) is 0 Å². The molecule has 2 unspecified atom stereocenters. The molecule has 7 heteroatoms. The molecule has 1 saturated heterocycles. The predicted molar refractivity (Wildman–Crippen MR) is 70.0 cm³/mol. The Morgan fingerprint density at radius 2 is 2.18 bits per heavy atom. The van der Waals surface area contributed by atoms with Crippen LogP contribution >= 0.6 is 15.9 Å². The normalized spacial score (nSPS) is 27.2. The van der Waals surface area contributed by atoms with Crippen LogP contribution in [-0.2, 0) is 19.5 Å². The van der Waals surface area contributed by atoms with Crippen molar-refractivity contribution < 1.29 is 17.9 Å². The summed E-state index contributed by atoms with van der Waals surface area (Å²) in [5.41, 5.74) is 0. The minimum atomic E-state index is -3.22. The molecule has 102 valence electrons. The summed E-state index contributed by atoms with van der Waals surface area (Å²) >= 11 is 3.33. The molecule has 0 aromatic carbocycles. The van der Waals surface area contributed by atoms with Gasteiger partial charge in [0.25, 0.3) is 0 Å². The summed E-state index contributed by atoms with van der Waals surface area (Å²) in [6.45, 7) is 5.38. The van der Waals surface area contributed by atoms with Crippen LogP contribution in [0.1, 0.15) is 13.8 Å². The molecule has 0 bridgehead atoms. The highest BCUT2D eigenvalue weighted by molar-refractivity contribution is 9.09. The Kier molecular flexibility index (Phi) is 6.36. The number of halogens is 1. The number of morpholine rings is 1. The molecule has 0 aromatic heterocycles. The second kappa shape index (κ2) is 7.04. The molecule has 0 aliphatic carbocycles. The predicted octanol–water partition coefficient (Wildman–Crippen LogP) is 0.837. The minimum absolute atomic E-state index is 0.0442. The highest BCUT2D eigenvalue weighted by Gasteiger charge is 2.31. The monoisotopic (exact) mass is 329 g/mol. The van der Waals surface area contributed by atoms with Crippen LogP contribution in [0.3, 0.4) is 0 Å². The Hall–Kier alpha value is 0.310. The quantitative estimate of drug-likeness (QED) is 0.535. The van der Waals surface area contributed by atoms with Crippen LogP contribution in [-0.4, -0.2) is 62.3 Å². The van der Waals surface area contributed by atoms with E-state index < -0.39 is 10.0 Å². The minimum Gasteiger partial charge on any atom is -0.381 e. The number of hydrogen-bond acceptors (Lipinski definition) is 4. The SMILES string of the molecule is CCOCCS(=O)(=O)N1CC(C)OC(CBr)C1. The fourth-order valence-corrected chi connectivity index (χ4v) is 3.53. The number of rotatable bonds is 6. The molecule has 0 spiro atoms. The fraction of sp³-hybridized carbons (Fsp3) is 1.00. The standard InChI is InChI=1S/C10H20BrNO4S/c1-3-15-4-5-17(13,14)12-7-9(2)16-10(6-11)8-12/h9-10H,3-8H2,1-2H3. The fourth-order valence-electron chi connectivity index (χ4n) is 1.75. The molecule has 0 radical (unpaired) electrons. The van der Waals surface area contributed by atoms with Gasteiger partial charge >= 0.3 is 0 Å². The van der Waals surface area contributed by atoms with Gasteiger partial charge in [0.05, 0.1) is 24.6 Å². The summed E-state index contributed by atoms with van der Waals surface area (Å²) in [4.78, 5) is 0. The summed E-state index contributed by atoms with van der Waals surface area (Å²) in [6, 6.07) is 0. The Morgan fingerprint density at radius 1 is 1.47 bits per heavy atom. The van der Waals surface area contributed by atoms with Crippen molar-refractivity contribution in [3.05, 3.63) is 0 Å². The summed E-state index contributed by atoms with van der Waals surface area (Å²) in [5.74, 6) is 0.0442. The second-order valence-corrected chi connectivity index (χ2v) is 6.79. The van der Waals surface area contributed by atoms with E-state index in [0.29, 0.717) is 25.0 Å². The summed E-state index contributed by atoms with van der Waals surface area (Å²) in [5, 5.41) is 0.648. The maximum absolute atomic E-state index is 12.0. The highest BCUT2D eigenvalue weighted by Crippen LogP contribution is 2.16. The van der Waals surface area contributed by atoms with E-state index in [1.165, 1.54) is 4.31 Å². The Bertz CT molecular complexity index is 322. The van der Waals surface area contributed by atoms with Gasteiger partial charge in [-0.2, -0.15) is 4.31 Å². The van der Waals surface area contributed by atoms with Gasteiger partial charge in [-0.15, -0.1) is 0 Å². The summed E-state index contributed by atoms with van der Waals surface area (Å²) in [6.07, 6.45) is -0.131. The highest BCUT2D eigenvalue weighted by atomic mass is 79.9. The Labute approximate surface area is 112 Å². The average Bonchev–Trinajstić information content (AvgIpc) is 2.28. The van der Waals surface area contributed by atoms with E-state index in [9.17, 15) is 8.42 Å². The van der Waals surface area contributed by atoms with Crippen molar-refractivity contribution in [3.8, 4) is 0 Å². The molecule has 1 heterocycles. The molecule has 1 aliphatic heterocycles. The third kappa shape index (κ3) is 4.82. The lowest BCUT2D eigenvalue weighted by Crippen LogP contribution is -2.50. The van der Waals surface area contributed by atoms with Gasteiger partial charge in [-0.1, -0.05) is 15.9 Å². The van der Waals surface area contributed by atoms with Gasteiger partial charge in [0.2, 0.25) is 10.0 Å². The molecule has 2 atom stereocenters. The van der Waals surface area contributed by atoms with E-state index in [1.807, 2.05) is 13.8 Å². The lowest BCUT2D eigenvalue weighted by Gasteiger charge is -2.35. The van der Waals surface area contributed by atoms with Crippen molar-refractivity contribution in [2.75, 3.05) is 37.4 Å². The van der Waals surface area contributed by atoms with Gasteiger partial charge in [-0.05, 0) is 13.8 Å². The van der Waals surface area contributed by atoms with E-state index in [4.69, 9.17) is 9.47 Å². The molecule has 0 amide bonds. The Balaban J connectivity index is 2.57. The zero-order valence-electron chi connectivity index (χ0n) is 10.3. The zero-order chi connectivity index (χ0) is 12.9. The molecule has 1 rings (SSSR count). The topological polar surface area (TPSA) is 55.8 Å². The lowest BCUT2D eigenvalue weighted by molar-refractivity contribution is -0.0412. The van der Waals surface area contributed by atoms with Crippen LogP contribution in [0.15, 0.2) is 0 Å². The average molecular weight is 330 g/mol. The molecule has 5 nitrogen and oxygen atoms in total. The smallest absolute Gasteiger partial charge is 0.216 e. The van der Waals surface area contributed by atoms with Crippen molar-refractivity contribution in [1.82, 2.24) is 4.31 Å². The van der Waals surface area contributed by atoms with Crippen LogP contribution in [0.4, 0.5) is 0 Å². The molecule has 1 aliphatic rings. The third-order valence-corrected chi connectivity index (χ3v) is 5.04. The summed E-state index contributed by atoms with van der Waals surface area (Å²) < 4.78 is 36.3. The van der Waals surface area contributed by atoms with Crippen molar-refractivity contribution in [3.63, 3.8) is 0 Å². The molecule has 0 aromatic rings. The van der Waals surface area contributed by atoms with E-state index in [0.717, 1.165) is 0 Å². The molecular weight excluding hydrogens is 310 g/mol. The van der Waals surface area contributed by atoms with Gasteiger partial charge in [-0.25, -0.2) is 8.42 Å². The molecule has 1 fully saturated rings. The van der Waals surface area contributed by atoms with Gasteiger partial charge < -0.3 is 9.47 Å².